The zero-order valence-corrected chi connectivity index (χ0v) is 38.1. The molecule has 0 spiro atoms. The molecule has 0 aliphatic rings. The first-order valence-electron chi connectivity index (χ1n) is 23.7. The first kappa shape index (κ1) is 41.4. The molecule has 0 saturated carbocycles. The summed E-state index contributed by atoms with van der Waals surface area (Å²) in [6.45, 7) is 0. The third kappa shape index (κ3) is 8.07. The van der Waals surface area contributed by atoms with E-state index in [2.05, 4.69) is 290 Å². The molecule has 0 aromatic heterocycles. The molecule has 0 unspecified atom stereocenters. The SMILES string of the molecule is c1ccc(-c2ccc(-c3ccc(N(c4ccc(-c5ccc(-c6ccccc6)cc5)cc4)c4ccccc4-c4ccc5c(c4)c(-c4ccccc4)c(-c4ccccc4)c4ccccc45)cc3)cc2)cc1. The summed E-state index contributed by atoms with van der Waals surface area (Å²) < 4.78 is 0. The highest BCUT2D eigenvalue weighted by Gasteiger charge is 2.21. The minimum atomic E-state index is 1.08. The Labute approximate surface area is 404 Å². The average Bonchev–Trinajstić information content (AvgIpc) is 3.44. The van der Waals surface area contributed by atoms with Crippen LogP contribution in [0.2, 0.25) is 0 Å². The Balaban J connectivity index is 0.995. The molecular formula is C68H47N. The van der Waals surface area contributed by atoms with Crippen LogP contribution in [0.3, 0.4) is 0 Å². The molecule has 0 amide bonds. The zero-order chi connectivity index (χ0) is 45.9. The van der Waals surface area contributed by atoms with E-state index >= 15 is 0 Å². The Morgan fingerprint density at radius 3 is 0.942 bits per heavy atom. The Bertz CT molecular complexity index is 3570. The van der Waals surface area contributed by atoms with Crippen LogP contribution in [0, 0.1) is 0 Å². The second-order valence-electron chi connectivity index (χ2n) is 17.6. The molecule has 12 aromatic rings. The van der Waals surface area contributed by atoms with Gasteiger partial charge >= 0.3 is 0 Å². The van der Waals surface area contributed by atoms with Gasteiger partial charge < -0.3 is 4.90 Å². The number of anilines is 3. The quantitative estimate of drug-likeness (QED) is 0.124. The van der Waals surface area contributed by atoms with E-state index in [-0.39, 0.29) is 0 Å². The molecule has 0 aliphatic heterocycles. The van der Waals surface area contributed by atoms with Crippen LogP contribution >= 0.6 is 0 Å². The average molecular weight is 878 g/mol. The number of benzene rings is 12. The van der Waals surface area contributed by atoms with Crippen molar-refractivity contribution in [3.8, 4) is 77.9 Å². The van der Waals surface area contributed by atoms with Gasteiger partial charge in [-0.05, 0) is 130 Å². The lowest BCUT2D eigenvalue weighted by Gasteiger charge is -2.28. The smallest absolute Gasteiger partial charge is 0.0540 e. The fourth-order valence-electron chi connectivity index (χ4n) is 10.1. The summed E-state index contributed by atoms with van der Waals surface area (Å²) in [6, 6.07) is 104. The number of hydrogen-bond donors (Lipinski definition) is 0. The van der Waals surface area contributed by atoms with Crippen molar-refractivity contribution in [1.82, 2.24) is 0 Å². The number of rotatable bonds is 10. The van der Waals surface area contributed by atoms with E-state index in [1.807, 2.05) is 0 Å². The van der Waals surface area contributed by atoms with Crippen molar-refractivity contribution in [1.29, 1.82) is 0 Å². The van der Waals surface area contributed by atoms with Crippen LogP contribution in [0.25, 0.3) is 99.4 Å². The fraction of sp³-hybridized carbons (Fsp3) is 0. The minimum absolute atomic E-state index is 1.08. The third-order valence-electron chi connectivity index (χ3n) is 13.5. The molecule has 0 N–H and O–H groups in total. The molecule has 0 bridgehead atoms. The van der Waals surface area contributed by atoms with Gasteiger partial charge in [0.15, 0.2) is 0 Å². The zero-order valence-electron chi connectivity index (χ0n) is 38.1. The van der Waals surface area contributed by atoms with Crippen molar-refractivity contribution in [2.75, 3.05) is 4.90 Å². The first-order valence-corrected chi connectivity index (χ1v) is 23.7. The molecule has 1 nitrogen and oxygen atoms in total. The predicted octanol–water partition coefficient (Wildman–Crippen LogP) is 19.1. The van der Waals surface area contributed by atoms with Crippen LogP contribution < -0.4 is 4.90 Å². The van der Waals surface area contributed by atoms with Gasteiger partial charge in [-0.2, -0.15) is 0 Å². The van der Waals surface area contributed by atoms with Gasteiger partial charge in [0.25, 0.3) is 0 Å². The Kier molecular flexibility index (Phi) is 11.0. The normalized spacial score (nSPS) is 11.2. The van der Waals surface area contributed by atoms with Crippen LogP contribution in [-0.2, 0) is 0 Å². The number of para-hydroxylation sites is 1. The van der Waals surface area contributed by atoms with Crippen LogP contribution in [0.5, 0.6) is 0 Å². The summed E-state index contributed by atoms with van der Waals surface area (Å²) in [7, 11) is 0. The van der Waals surface area contributed by atoms with Gasteiger partial charge in [-0.15, -0.1) is 0 Å². The Hall–Kier alpha value is -9.04. The molecule has 1 heteroatoms. The summed E-state index contributed by atoms with van der Waals surface area (Å²) in [6.07, 6.45) is 0. The maximum absolute atomic E-state index is 2.43. The molecule has 69 heavy (non-hydrogen) atoms. The van der Waals surface area contributed by atoms with Crippen molar-refractivity contribution in [2.24, 2.45) is 0 Å². The second kappa shape index (κ2) is 18.3. The van der Waals surface area contributed by atoms with Gasteiger partial charge in [-0.25, -0.2) is 0 Å². The highest BCUT2D eigenvalue weighted by atomic mass is 15.1. The van der Waals surface area contributed by atoms with Gasteiger partial charge in [0, 0.05) is 16.9 Å². The molecule has 0 atom stereocenters. The van der Waals surface area contributed by atoms with Crippen molar-refractivity contribution in [3.05, 3.63) is 285 Å². The molecule has 0 radical (unpaired) electrons. The van der Waals surface area contributed by atoms with Gasteiger partial charge in [0.05, 0.1) is 5.69 Å². The van der Waals surface area contributed by atoms with E-state index in [1.165, 1.54) is 88.3 Å². The summed E-state index contributed by atoms with van der Waals surface area (Å²) in [5.74, 6) is 0. The fourth-order valence-corrected chi connectivity index (χ4v) is 10.1. The van der Waals surface area contributed by atoms with E-state index in [4.69, 9.17) is 0 Å². The first-order chi connectivity index (χ1) is 34.2. The lowest BCUT2D eigenvalue weighted by molar-refractivity contribution is 1.28. The van der Waals surface area contributed by atoms with E-state index < -0.39 is 0 Å². The maximum atomic E-state index is 2.43. The second-order valence-corrected chi connectivity index (χ2v) is 17.6. The molecular weight excluding hydrogens is 831 g/mol. The van der Waals surface area contributed by atoms with Crippen LogP contribution in [0.4, 0.5) is 17.1 Å². The molecule has 0 heterocycles. The topological polar surface area (TPSA) is 3.24 Å². The molecule has 324 valence electrons. The summed E-state index contributed by atoms with van der Waals surface area (Å²) in [4.78, 5) is 2.41. The van der Waals surface area contributed by atoms with E-state index in [9.17, 15) is 0 Å². The lowest BCUT2D eigenvalue weighted by Crippen LogP contribution is -2.11. The van der Waals surface area contributed by atoms with Gasteiger partial charge in [-0.1, -0.05) is 249 Å². The maximum Gasteiger partial charge on any atom is 0.0540 e. The monoisotopic (exact) mass is 877 g/mol. The number of hydrogen-bond acceptors (Lipinski definition) is 1. The van der Waals surface area contributed by atoms with Gasteiger partial charge in [0.1, 0.15) is 0 Å². The van der Waals surface area contributed by atoms with Crippen molar-refractivity contribution in [3.63, 3.8) is 0 Å². The van der Waals surface area contributed by atoms with Crippen molar-refractivity contribution in [2.45, 2.75) is 0 Å². The largest absolute Gasteiger partial charge is 0.310 e. The molecule has 0 aliphatic carbocycles. The molecule has 12 rings (SSSR count). The summed E-state index contributed by atoms with van der Waals surface area (Å²) in [5.41, 5.74) is 20.0. The molecule has 0 saturated heterocycles. The Morgan fingerprint density at radius 2 is 0.493 bits per heavy atom. The van der Waals surface area contributed by atoms with E-state index in [1.54, 1.807) is 0 Å². The minimum Gasteiger partial charge on any atom is -0.310 e. The van der Waals surface area contributed by atoms with E-state index in [0.717, 1.165) is 28.2 Å². The van der Waals surface area contributed by atoms with Crippen LogP contribution in [0.1, 0.15) is 0 Å². The van der Waals surface area contributed by atoms with Crippen molar-refractivity contribution >= 4 is 38.6 Å². The van der Waals surface area contributed by atoms with Gasteiger partial charge in [0.2, 0.25) is 0 Å². The lowest BCUT2D eigenvalue weighted by atomic mass is 9.84. The van der Waals surface area contributed by atoms with Crippen LogP contribution in [-0.4, -0.2) is 0 Å². The number of nitrogens with zero attached hydrogens (tertiary/aromatic N) is 1. The third-order valence-corrected chi connectivity index (χ3v) is 13.5. The predicted molar refractivity (Wildman–Crippen MR) is 294 cm³/mol. The van der Waals surface area contributed by atoms with Crippen molar-refractivity contribution < 1.29 is 0 Å². The Morgan fingerprint density at radius 1 is 0.188 bits per heavy atom. The highest BCUT2D eigenvalue weighted by Crippen LogP contribution is 2.47. The summed E-state index contributed by atoms with van der Waals surface area (Å²) >= 11 is 0. The highest BCUT2D eigenvalue weighted by molar-refractivity contribution is 6.22. The standard InChI is InChI=1S/C68H47N/c1-5-17-48(18-6-1)50-29-33-52(34-30-50)54-37-42-59(43-38-54)69(60-44-39-55(40-45-60)53-35-31-51(32-36-53)49-19-7-2-8-20-49)66-28-16-15-25-61(66)58-41-46-63-62-26-13-14-27-64(62)67(56-21-9-3-10-22-56)68(65(63)47-58)57-23-11-4-12-24-57/h1-47H. The van der Waals surface area contributed by atoms with E-state index in [0.29, 0.717) is 0 Å². The number of fused-ring (bicyclic) bond motifs is 3. The molecule has 12 aromatic carbocycles. The van der Waals surface area contributed by atoms with Gasteiger partial charge in [-0.3, -0.25) is 0 Å². The van der Waals surface area contributed by atoms with Crippen LogP contribution in [0.15, 0.2) is 285 Å². The summed E-state index contributed by atoms with van der Waals surface area (Å²) in [5, 5.41) is 4.96. The molecule has 0 fully saturated rings.